The molecule has 9 nitrogen and oxygen atoms in total. The second-order valence-electron chi connectivity index (χ2n) is 6.47. The van der Waals surface area contributed by atoms with E-state index in [2.05, 4.69) is 24.9 Å². The molecule has 2 aromatic carbocycles. The minimum absolute atomic E-state index is 0.0189. The number of hydrogen-bond acceptors (Lipinski definition) is 9. The van der Waals surface area contributed by atoms with Gasteiger partial charge in [0.2, 0.25) is 11.7 Å². The number of aromatic nitrogens is 2. The molecule has 1 N–H and O–H groups in total. The first-order valence-corrected chi connectivity index (χ1v) is 10.9. The van der Waals surface area contributed by atoms with E-state index in [1.165, 1.54) is 13.2 Å². The molecule has 3 rings (SSSR count). The summed E-state index contributed by atoms with van der Waals surface area (Å²) in [5, 5.41) is 14.1. The minimum atomic E-state index is -0.928. The number of phenolic OH excluding ortho intramolecular Hbond substituents is 1. The number of ether oxygens (including phenoxy) is 2. The second-order valence-corrected chi connectivity index (χ2v) is 7.27. The van der Waals surface area contributed by atoms with Crippen LogP contribution in [0.2, 0.25) is 0 Å². The van der Waals surface area contributed by atoms with Gasteiger partial charge < -0.3 is 19.1 Å². The van der Waals surface area contributed by atoms with E-state index >= 15 is 0 Å². The summed E-state index contributed by atoms with van der Waals surface area (Å²) in [6.07, 6.45) is 0.781. The van der Waals surface area contributed by atoms with E-state index in [9.17, 15) is 14.3 Å². The van der Waals surface area contributed by atoms with Crippen molar-refractivity contribution in [2.24, 2.45) is 9.98 Å². The predicted octanol–water partition coefficient (Wildman–Crippen LogP) is 4.94. The number of rotatable bonds is 6. The molecule has 0 aliphatic carbocycles. The van der Waals surface area contributed by atoms with Crippen molar-refractivity contribution in [3.8, 4) is 22.9 Å². The largest absolute Gasteiger partial charge is 0.505 e. The molecule has 0 spiro atoms. The van der Waals surface area contributed by atoms with Gasteiger partial charge >= 0.3 is 6.09 Å². The molecule has 0 saturated carbocycles. The first-order chi connectivity index (χ1) is 15.9. The number of phenols is 1. The Labute approximate surface area is 193 Å². The summed E-state index contributed by atoms with van der Waals surface area (Å²) in [6.45, 7) is 3.75. The van der Waals surface area contributed by atoms with Crippen LogP contribution in [-0.4, -0.2) is 52.1 Å². The molecule has 0 aliphatic rings. The maximum Gasteiger partial charge on any atom is 0.434 e. The Hall–Kier alpha value is -3.73. The van der Waals surface area contributed by atoms with Crippen molar-refractivity contribution in [3.05, 3.63) is 53.7 Å². The Bertz CT molecular complexity index is 1210. The van der Waals surface area contributed by atoms with Crippen molar-refractivity contribution >= 4 is 34.3 Å². The topological polar surface area (TPSA) is 119 Å². The molecule has 3 aromatic rings. The molecule has 1 heterocycles. The van der Waals surface area contributed by atoms with E-state index in [-0.39, 0.29) is 22.1 Å². The van der Waals surface area contributed by atoms with Gasteiger partial charge in [0.05, 0.1) is 19.4 Å². The van der Waals surface area contributed by atoms with E-state index < -0.39 is 17.7 Å². The fourth-order valence-electron chi connectivity index (χ4n) is 2.78. The van der Waals surface area contributed by atoms with Crippen molar-refractivity contribution in [1.29, 1.82) is 0 Å². The molecular weight excluding hydrogens is 451 g/mol. The van der Waals surface area contributed by atoms with Crippen LogP contribution < -0.4 is 4.74 Å². The Morgan fingerprint density at radius 2 is 2.00 bits per heavy atom. The van der Waals surface area contributed by atoms with Gasteiger partial charge in [-0.15, -0.1) is 11.8 Å². The van der Waals surface area contributed by atoms with Crippen molar-refractivity contribution < 1.29 is 28.3 Å². The lowest BCUT2D eigenvalue weighted by Crippen LogP contribution is -2.16. The maximum atomic E-state index is 15.0. The number of aliphatic imine (C=N–C) groups is 2. The second kappa shape index (κ2) is 10.7. The average molecular weight is 472 g/mol. The lowest BCUT2D eigenvalue weighted by Gasteiger charge is -2.13. The van der Waals surface area contributed by atoms with E-state index in [0.29, 0.717) is 29.6 Å². The van der Waals surface area contributed by atoms with Gasteiger partial charge in [-0.05, 0) is 43.5 Å². The lowest BCUT2D eigenvalue weighted by atomic mass is 10.1. The first-order valence-electron chi connectivity index (χ1n) is 9.72. The third kappa shape index (κ3) is 5.75. The molecule has 0 aliphatic heterocycles. The lowest BCUT2D eigenvalue weighted by molar-refractivity contribution is 0.183. The normalized spacial score (nSPS) is 12.0. The minimum Gasteiger partial charge on any atom is -0.505 e. The number of amides is 1. The Morgan fingerprint density at radius 1 is 1.27 bits per heavy atom. The van der Waals surface area contributed by atoms with Crippen molar-refractivity contribution in [1.82, 2.24) is 10.1 Å². The summed E-state index contributed by atoms with van der Waals surface area (Å²) in [4.78, 5) is 24.4. The molecule has 0 unspecified atom stereocenters. The van der Waals surface area contributed by atoms with Crippen LogP contribution in [0.3, 0.4) is 0 Å². The van der Waals surface area contributed by atoms with Crippen LogP contribution in [0.4, 0.5) is 14.9 Å². The Morgan fingerprint density at radius 3 is 2.58 bits per heavy atom. The molecule has 0 fully saturated rings. The quantitative estimate of drug-likeness (QED) is 0.396. The highest BCUT2D eigenvalue weighted by atomic mass is 32.2. The van der Waals surface area contributed by atoms with Crippen LogP contribution in [-0.2, 0) is 4.74 Å². The molecule has 0 atom stereocenters. The smallest absolute Gasteiger partial charge is 0.434 e. The van der Waals surface area contributed by atoms with E-state index in [1.54, 1.807) is 44.4 Å². The highest BCUT2D eigenvalue weighted by Crippen LogP contribution is 2.30. The maximum absolute atomic E-state index is 15.0. The fraction of sp³-hybridized carbons (Fsp3) is 0.227. The highest BCUT2D eigenvalue weighted by Gasteiger charge is 2.21. The Kier molecular flexibility index (Phi) is 7.78. The predicted molar refractivity (Wildman–Crippen MR) is 123 cm³/mol. The molecule has 33 heavy (non-hydrogen) atoms. The zero-order chi connectivity index (χ0) is 24.0. The third-order valence-corrected chi connectivity index (χ3v) is 4.92. The Balaban J connectivity index is 2.14. The van der Waals surface area contributed by atoms with Gasteiger partial charge in [0.15, 0.2) is 11.6 Å². The number of hydrogen-bond donors (Lipinski definition) is 1. The summed E-state index contributed by atoms with van der Waals surface area (Å²) in [6, 6.07) is 9.33. The number of aromatic hydroxyl groups is 1. The van der Waals surface area contributed by atoms with Crippen molar-refractivity contribution in [2.45, 2.75) is 13.8 Å². The van der Waals surface area contributed by atoms with Gasteiger partial charge in [0.25, 0.3) is 0 Å². The number of nitrogens with zero attached hydrogens (tertiary/aromatic N) is 4. The van der Waals surface area contributed by atoms with Crippen LogP contribution in [0.5, 0.6) is 11.5 Å². The molecule has 0 bridgehead atoms. The fourth-order valence-corrected chi connectivity index (χ4v) is 3.30. The van der Waals surface area contributed by atoms with Crippen LogP contribution in [0, 0.1) is 12.7 Å². The van der Waals surface area contributed by atoms with Crippen molar-refractivity contribution in [2.75, 3.05) is 20.0 Å². The zero-order valence-electron chi connectivity index (χ0n) is 18.3. The highest BCUT2D eigenvalue weighted by molar-refractivity contribution is 8.15. The van der Waals surface area contributed by atoms with Gasteiger partial charge in [-0.3, -0.25) is 0 Å². The van der Waals surface area contributed by atoms with Gasteiger partial charge in [-0.2, -0.15) is 9.98 Å². The van der Waals surface area contributed by atoms with Crippen LogP contribution in [0.15, 0.2) is 50.9 Å². The van der Waals surface area contributed by atoms with E-state index in [4.69, 9.17) is 9.26 Å². The van der Waals surface area contributed by atoms with E-state index in [1.807, 2.05) is 0 Å². The summed E-state index contributed by atoms with van der Waals surface area (Å²) >= 11 is 1.07. The monoisotopic (exact) mass is 472 g/mol. The first kappa shape index (κ1) is 23.9. The summed E-state index contributed by atoms with van der Waals surface area (Å²) in [5.41, 5.74) is 1.06. The number of carbonyl (C=O) groups excluding carboxylic acids is 1. The third-order valence-electron chi connectivity index (χ3n) is 4.25. The molecule has 1 amide bonds. The summed E-state index contributed by atoms with van der Waals surface area (Å²) in [5.74, 6) is -0.462. The molecule has 0 saturated heterocycles. The molecule has 1 aromatic heterocycles. The van der Waals surface area contributed by atoms with Crippen LogP contribution >= 0.6 is 11.8 Å². The van der Waals surface area contributed by atoms with Crippen LogP contribution in [0.25, 0.3) is 11.4 Å². The van der Waals surface area contributed by atoms with Gasteiger partial charge in [0, 0.05) is 24.1 Å². The molecule has 172 valence electrons. The van der Waals surface area contributed by atoms with Gasteiger partial charge in [-0.25, -0.2) is 14.2 Å². The van der Waals surface area contributed by atoms with Gasteiger partial charge in [-0.1, -0.05) is 5.16 Å². The number of methoxy groups -OCH3 is 1. The number of halogens is 1. The van der Waals surface area contributed by atoms with Crippen molar-refractivity contribution in [3.63, 3.8) is 0 Å². The molecular formula is C22H21FN4O5S. The number of aryl methyl sites for hydroxylation is 1. The number of carbonyl (C=O) groups is 1. The zero-order valence-corrected chi connectivity index (χ0v) is 19.1. The standard InChI is InChI=1S/C22H21FN4O5S/c1-5-31-15-10-16(18(23)17(28)11-15)19(21(33-4)26-22(29)30-3)25-14-8-6-13(7-9-14)20-24-12(2)32-27-20/h6-11,28H,5H2,1-4H3/b25-19+,26-21-. The summed E-state index contributed by atoms with van der Waals surface area (Å²) in [7, 11) is 1.18. The van der Waals surface area contributed by atoms with E-state index in [0.717, 1.165) is 17.8 Å². The average Bonchev–Trinajstić information content (AvgIpc) is 3.25. The SMILES string of the molecule is CCOc1cc(O)c(F)c(C(=N\c2ccc(-c3noc(C)n3)cc2)/C(=N/C(=O)OC)SC)c1. The van der Waals surface area contributed by atoms with Crippen LogP contribution in [0.1, 0.15) is 18.4 Å². The molecule has 0 radical (unpaired) electrons. The van der Waals surface area contributed by atoms with Gasteiger partial charge in [0.1, 0.15) is 16.5 Å². The number of thioether (sulfide) groups is 1. The molecule has 11 heteroatoms. The number of benzene rings is 2. The summed E-state index contributed by atoms with van der Waals surface area (Å²) < 4.78 is 30.0.